The molecule has 0 bridgehead atoms. The fraction of sp³-hybridized carbons (Fsp3) is 0.125. The summed E-state index contributed by atoms with van der Waals surface area (Å²) in [4.78, 5) is 3.81. The molecule has 3 heteroatoms. The van der Waals surface area contributed by atoms with Crippen LogP contribution in [-0.2, 0) is 0 Å². The number of rotatable bonds is 2. The summed E-state index contributed by atoms with van der Waals surface area (Å²) >= 11 is 5.54. The molecule has 1 heterocycles. The maximum atomic E-state index is 9.22. The molecular weight excluding hydrogens is 162 g/mol. The Morgan fingerprint density at radius 2 is 2.36 bits per heavy atom. The van der Waals surface area contributed by atoms with Crippen molar-refractivity contribution in [3.05, 3.63) is 41.7 Å². The number of aliphatic hydroxyl groups is 1. The minimum atomic E-state index is -0.653. The number of aliphatic hydroxyl groups excluding tert-OH is 1. The molecule has 1 unspecified atom stereocenters. The number of pyridine rings is 1. The van der Waals surface area contributed by atoms with Crippen LogP contribution < -0.4 is 0 Å². The molecule has 2 nitrogen and oxygen atoms in total. The number of hydrogen-bond donors (Lipinski definition) is 1. The van der Waals surface area contributed by atoms with Crippen molar-refractivity contribution >= 4 is 11.6 Å². The fourth-order valence-electron chi connectivity index (χ4n) is 0.698. The molecular formula is C8H8ClNO. The first-order chi connectivity index (χ1) is 5.24. The summed E-state index contributed by atoms with van der Waals surface area (Å²) in [5.74, 6) is 0. The molecule has 0 saturated carbocycles. The Morgan fingerprint density at radius 1 is 1.64 bits per heavy atom. The van der Waals surface area contributed by atoms with E-state index in [2.05, 4.69) is 11.6 Å². The van der Waals surface area contributed by atoms with Crippen LogP contribution in [0.25, 0.3) is 0 Å². The van der Waals surface area contributed by atoms with Crippen LogP contribution in [0.3, 0.4) is 0 Å². The van der Waals surface area contributed by atoms with Gasteiger partial charge in [-0.05, 0) is 6.07 Å². The van der Waals surface area contributed by atoms with Crippen molar-refractivity contribution in [3.8, 4) is 0 Å². The van der Waals surface area contributed by atoms with E-state index in [0.29, 0.717) is 10.7 Å². The minimum absolute atomic E-state index is 0.421. The van der Waals surface area contributed by atoms with E-state index in [4.69, 9.17) is 11.6 Å². The van der Waals surface area contributed by atoms with Gasteiger partial charge in [-0.1, -0.05) is 23.7 Å². The Hall–Kier alpha value is -0.860. The molecule has 0 amide bonds. The van der Waals surface area contributed by atoms with Crippen molar-refractivity contribution in [1.82, 2.24) is 4.98 Å². The molecule has 1 aromatic heterocycles. The van der Waals surface area contributed by atoms with Crippen LogP contribution in [0.1, 0.15) is 11.7 Å². The summed E-state index contributed by atoms with van der Waals surface area (Å²) in [7, 11) is 0. The minimum Gasteiger partial charge on any atom is -0.384 e. The number of aromatic nitrogens is 1. The molecule has 1 atom stereocenters. The molecule has 1 N–H and O–H groups in total. The lowest BCUT2D eigenvalue weighted by Crippen LogP contribution is -1.92. The second kappa shape index (κ2) is 3.51. The Balaban J connectivity index is 2.89. The van der Waals surface area contributed by atoms with Gasteiger partial charge in [-0.2, -0.15) is 0 Å². The zero-order valence-electron chi connectivity index (χ0n) is 5.87. The highest BCUT2D eigenvalue weighted by atomic mass is 35.5. The molecule has 0 aliphatic heterocycles. The van der Waals surface area contributed by atoms with Crippen molar-refractivity contribution in [2.24, 2.45) is 0 Å². The van der Waals surface area contributed by atoms with E-state index in [1.54, 1.807) is 12.1 Å². The van der Waals surface area contributed by atoms with Gasteiger partial charge in [0.1, 0.15) is 5.15 Å². The normalized spacial score (nSPS) is 12.5. The molecule has 1 rings (SSSR count). The van der Waals surface area contributed by atoms with Crippen molar-refractivity contribution in [1.29, 1.82) is 0 Å². The first-order valence-corrected chi connectivity index (χ1v) is 3.54. The molecule has 0 aliphatic carbocycles. The van der Waals surface area contributed by atoms with Crippen LogP contribution in [-0.4, -0.2) is 10.1 Å². The lowest BCUT2D eigenvalue weighted by Gasteiger charge is -2.03. The Kier molecular flexibility index (Phi) is 2.63. The third-order valence-corrected chi connectivity index (χ3v) is 1.54. The van der Waals surface area contributed by atoms with Gasteiger partial charge < -0.3 is 5.11 Å². The van der Waals surface area contributed by atoms with Gasteiger partial charge in [0.25, 0.3) is 0 Å². The quantitative estimate of drug-likeness (QED) is 0.542. The molecule has 0 spiro atoms. The third kappa shape index (κ3) is 2.03. The molecule has 0 fully saturated rings. The summed E-state index contributed by atoms with van der Waals surface area (Å²) in [6.45, 7) is 3.45. The van der Waals surface area contributed by atoms with E-state index in [1.165, 1.54) is 12.3 Å². The topological polar surface area (TPSA) is 33.1 Å². The largest absolute Gasteiger partial charge is 0.384 e. The summed E-state index contributed by atoms with van der Waals surface area (Å²) < 4.78 is 0. The monoisotopic (exact) mass is 169 g/mol. The zero-order chi connectivity index (χ0) is 8.27. The van der Waals surface area contributed by atoms with E-state index in [-0.39, 0.29) is 0 Å². The highest BCUT2D eigenvalue weighted by molar-refractivity contribution is 6.29. The highest BCUT2D eigenvalue weighted by Gasteiger charge is 2.01. The average molecular weight is 170 g/mol. The van der Waals surface area contributed by atoms with E-state index < -0.39 is 6.10 Å². The van der Waals surface area contributed by atoms with Crippen LogP contribution in [0.15, 0.2) is 31.0 Å². The summed E-state index contributed by atoms with van der Waals surface area (Å²) in [5, 5.41) is 9.64. The third-order valence-electron chi connectivity index (χ3n) is 1.32. The number of halogens is 1. The summed E-state index contributed by atoms with van der Waals surface area (Å²) in [6, 6.07) is 3.34. The van der Waals surface area contributed by atoms with Crippen LogP contribution in [0, 0.1) is 0 Å². The van der Waals surface area contributed by atoms with Crippen molar-refractivity contribution in [2.45, 2.75) is 6.10 Å². The van der Waals surface area contributed by atoms with Gasteiger partial charge in [-0.25, -0.2) is 4.98 Å². The maximum Gasteiger partial charge on any atom is 0.129 e. The van der Waals surface area contributed by atoms with Gasteiger partial charge in [0.15, 0.2) is 0 Å². The smallest absolute Gasteiger partial charge is 0.129 e. The van der Waals surface area contributed by atoms with Gasteiger partial charge >= 0.3 is 0 Å². The number of hydrogen-bond acceptors (Lipinski definition) is 2. The Morgan fingerprint density at radius 3 is 2.82 bits per heavy atom. The molecule has 1 aromatic rings. The van der Waals surface area contributed by atoms with Crippen LogP contribution >= 0.6 is 11.6 Å². The van der Waals surface area contributed by atoms with Crippen molar-refractivity contribution < 1.29 is 5.11 Å². The average Bonchev–Trinajstić information content (AvgIpc) is 2.05. The van der Waals surface area contributed by atoms with Gasteiger partial charge in [0.05, 0.1) is 6.10 Å². The summed E-state index contributed by atoms with van der Waals surface area (Å²) in [6.07, 6.45) is 2.30. The van der Waals surface area contributed by atoms with Crippen molar-refractivity contribution in [2.75, 3.05) is 0 Å². The lowest BCUT2D eigenvalue weighted by atomic mass is 10.2. The van der Waals surface area contributed by atoms with Gasteiger partial charge in [0.2, 0.25) is 0 Å². The molecule has 0 aliphatic rings. The maximum absolute atomic E-state index is 9.22. The first-order valence-electron chi connectivity index (χ1n) is 3.16. The second-order valence-corrected chi connectivity index (χ2v) is 2.48. The van der Waals surface area contributed by atoms with Crippen LogP contribution in [0.4, 0.5) is 0 Å². The molecule has 58 valence electrons. The Labute approximate surface area is 70.2 Å². The van der Waals surface area contributed by atoms with E-state index in [9.17, 15) is 5.11 Å². The van der Waals surface area contributed by atoms with Gasteiger partial charge in [-0.15, -0.1) is 6.58 Å². The molecule has 0 aromatic carbocycles. The van der Waals surface area contributed by atoms with Crippen LogP contribution in [0.2, 0.25) is 5.15 Å². The van der Waals surface area contributed by atoms with Gasteiger partial charge in [-0.3, -0.25) is 0 Å². The van der Waals surface area contributed by atoms with E-state index in [0.717, 1.165) is 0 Å². The fourth-order valence-corrected chi connectivity index (χ4v) is 0.810. The summed E-state index contributed by atoms with van der Waals surface area (Å²) in [5.41, 5.74) is 0.699. The van der Waals surface area contributed by atoms with Crippen molar-refractivity contribution in [3.63, 3.8) is 0 Å². The predicted octanol–water partition coefficient (Wildman–Crippen LogP) is 1.95. The second-order valence-electron chi connectivity index (χ2n) is 2.09. The first kappa shape index (κ1) is 8.24. The highest BCUT2D eigenvalue weighted by Crippen LogP contribution is 2.13. The Bertz CT molecular complexity index is 245. The zero-order valence-corrected chi connectivity index (χ0v) is 6.62. The number of nitrogens with zero attached hydrogens (tertiary/aromatic N) is 1. The standard InChI is InChI=1S/C8H8ClNO/c1-2-7(11)6-3-4-8(9)10-5-6/h2-5,7,11H,1H2. The van der Waals surface area contributed by atoms with Crippen LogP contribution in [0.5, 0.6) is 0 Å². The SMILES string of the molecule is C=CC(O)c1ccc(Cl)nc1. The van der Waals surface area contributed by atoms with Gasteiger partial charge in [0, 0.05) is 11.8 Å². The van der Waals surface area contributed by atoms with E-state index in [1.807, 2.05) is 0 Å². The predicted molar refractivity (Wildman–Crippen MR) is 44.4 cm³/mol. The molecule has 11 heavy (non-hydrogen) atoms. The lowest BCUT2D eigenvalue weighted by molar-refractivity contribution is 0.228. The molecule has 0 radical (unpaired) electrons. The van der Waals surface area contributed by atoms with E-state index >= 15 is 0 Å². The molecule has 0 saturated heterocycles.